The number of benzene rings is 2. The van der Waals surface area contributed by atoms with Gasteiger partial charge in [0.2, 0.25) is 0 Å². The van der Waals surface area contributed by atoms with Gasteiger partial charge in [0.05, 0.1) is 15.6 Å². The van der Waals surface area contributed by atoms with E-state index in [1.54, 1.807) is 42.5 Å². The Labute approximate surface area is 194 Å². The number of alkyl halides is 2. The molecule has 3 atom stereocenters. The minimum atomic E-state index is -1.57. The standard InChI is InChI=1S/C22H17Cl4NO3/c1-27(21(30)14-9-5-11-16(23)17(14)24)22(26)12-6-10-15(20(22)25)19(29)18(28)13-7-3-2-4-8-13/h2-12,18,20,28H,1H3. The Kier molecular flexibility index (Phi) is 6.95. The molecule has 0 aliphatic heterocycles. The number of amides is 1. The van der Waals surface area contributed by atoms with Crippen molar-refractivity contribution in [3.63, 3.8) is 0 Å². The quantitative estimate of drug-likeness (QED) is 0.456. The van der Waals surface area contributed by atoms with Crippen LogP contribution in [-0.2, 0) is 4.79 Å². The minimum Gasteiger partial charge on any atom is -0.380 e. The summed E-state index contributed by atoms with van der Waals surface area (Å²) in [5.74, 6) is -1.12. The third-order valence-corrected chi connectivity index (χ3v) is 6.98. The summed E-state index contributed by atoms with van der Waals surface area (Å²) in [4.78, 5) is 25.6. The highest BCUT2D eigenvalue weighted by molar-refractivity contribution is 6.44. The number of rotatable bonds is 5. The first-order chi connectivity index (χ1) is 14.2. The zero-order chi connectivity index (χ0) is 22.1. The number of likely N-dealkylation sites (N-methyl/N-ethyl adjacent to an activating group) is 1. The number of nitrogens with zero attached hydrogens (tertiary/aromatic N) is 1. The summed E-state index contributed by atoms with van der Waals surface area (Å²) in [6, 6.07) is 13.1. The highest BCUT2D eigenvalue weighted by Crippen LogP contribution is 2.40. The number of aliphatic hydroxyl groups is 1. The number of carbonyl (C=O) groups excluding carboxylic acids is 2. The minimum absolute atomic E-state index is 0.0855. The lowest BCUT2D eigenvalue weighted by Crippen LogP contribution is -2.52. The van der Waals surface area contributed by atoms with Crippen molar-refractivity contribution in [3.05, 3.63) is 93.5 Å². The summed E-state index contributed by atoms with van der Waals surface area (Å²) in [6.45, 7) is 0. The Morgan fingerprint density at radius 3 is 2.43 bits per heavy atom. The van der Waals surface area contributed by atoms with Crippen molar-refractivity contribution >= 4 is 58.1 Å². The molecule has 0 saturated carbocycles. The predicted molar refractivity (Wildman–Crippen MR) is 120 cm³/mol. The highest BCUT2D eigenvalue weighted by atomic mass is 35.5. The van der Waals surface area contributed by atoms with Crippen molar-refractivity contribution in [1.82, 2.24) is 4.90 Å². The van der Waals surface area contributed by atoms with Crippen LogP contribution in [0.4, 0.5) is 0 Å². The second-order valence-corrected chi connectivity index (χ2v) is 8.54. The van der Waals surface area contributed by atoms with E-state index in [9.17, 15) is 14.7 Å². The van der Waals surface area contributed by atoms with E-state index in [4.69, 9.17) is 46.4 Å². The second-order valence-electron chi connectivity index (χ2n) is 6.71. The molecule has 0 saturated heterocycles. The fourth-order valence-corrected chi connectivity index (χ4v) is 4.16. The topological polar surface area (TPSA) is 57.6 Å². The Hall–Kier alpha value is -1.82. The fraction of sp³-hybridized carbons (Fsp3) is 0.182. The van der Waals surface area contributed by atoms with E-state index in [0.717, 1.165) is 0 Å². The SMILES string of the molecule is CN(C(=O)c1cccc(Cl)c1Cl)C1(Cl)C=CC=C(C(=O)C(O)c2ccccc2)C1Cl. The molecule has 0 fully saturated rings. The summed E-state index contributed by atoms with van der Waals surface area (Å²) in [7, 11) is 1.45. The van der Waals surface area contributed by atoms with Crippen LogP contribution < -0.4 is 0 Å². The molecule has 1 amide bonds. The summed E-state index contributed by atoms with van der Waals surface area (Å²) >= 11 is 25.5. The maximum absolute atomic E-state index is 13.1. The molecule has 0 heterocycles. The van der Waals surface area contributed by atoms with Gasteiger partial charge in [0, 0.05) is 12.6 Å². The molecule has 30 heavy (non-hydrogen) atoms. The highest BCUT2D eigenvalue weighted by Gasteiger charge is 2.46. The van der Waals surface area contributed by atoms with Gasteiger partial charge in [0.25, 0.3) is 5.91 Å². The van der Waals surface area contributed by atoms with Gasteiger partial charge in [0.1, 0.15) is 11.5 Å². The average Bonchev–Trinajstić information content (AvgIpc) is 2.76. The van der Waals surface area contributed by atoms with Gasteiger partial charge in [-0.2, -0.15) is 0 Å². The van der Waals surface area contributed by atoms with Crippen LogP contribution in [0.25, 0.3) is 0 Å². The molecule has 4 nitrogen and oxygen atoms in total. The summed E-state index contributed by atoms with van der Waals surface area (Å²) in [5, 5.41) is 9.69. The molecule has 3 unspecified atom stereocenters. The first-order valence-electron chi connectivity index (χ1n) is 8.90. The molecular formula is C22H17Cl4NO3. The van der Waals surface area contributed by atoms with Crippen LogP contribution in [0.5, 0.6) is 0 Å². The maximum Gasteiger partial charge on any atom is 0.256 e. The zero-order valence-corrected chi connectivity index (χ0v) is 18.8. The number of halogens is 4. The van der Waals surface area contributed by atoms with Crippen LogP contribution in [0, 0.1) is 0 Å². The van der Waals surface area contributed by atoms with Crippen molar-refractivity contribution in [3.8, 4) is 0 Å². The van der Waals surface area contributed by atoms with E-state index in [1.807, 2.05) is 0 Å². The van der Waals surface area contributed by atoms with Gasteiger partial charge in [-0.25, -0.2) is 0 Å². The van der Waals surface area contributed by atoms with Gasteiger partial charge in [-0.3, -0.25) is 9.59 Å². The van der Waals surface area contributed by atoms with Gasteiger partial charge in [-0.15, -0.1) is 11.6 Å². The molecule has 156 valence electrons. The van der Waals surface area contributed by atoms with Crippen LogP contribution in [-0.4, -0.2) is 39.1 Å². The van der Waals surface area contributed by atoms with Crippen molar-refractivity contribution in [1.29, 1.82) is 0 Å². The lowest BCUT2D eigenvalue weighted by Gasteiger charge is -2.40. The first kappa shape index (κ1) is 22.9. The number of hydrogen-bond acceptors (Lipinski definition) is 3. The van der Waals surface area contributed by atoms with Gasteiger partial charge in [-0.05, 0) is 23.8 Å². The molecular weight excluding hydrogens is 468 g/mol. The van der Waals surface area contributed by atoms with E-state index in [2.05, 4.69) is 0 Å². The van der Waals surface area contributed by atoms with Gasteiger partial charge < -0.3 is 10.0 Å². The molecule has 0 bridgehead atoms. The molecule has 1 aliphatic carbocycles. The van der Waals surface area contributed by atoms with Gasteiger partial charge in [-0.1, -0.05) is 83.4 Å². The lowest BCUT2D eigenvalue weighted by atomic mass is 9.90. The van der Waals surface area contributed by atoms with E-state index in [-0.39, 0.29) is 21.2 Å². The van der Waals surface area contributed by atoms with Gasteiger partial charge in [0.15, 0.2) is 10.8 Å². The van der Waals surface area contributed by atoms with E-state index < -0.39 is 28.2 Å². The fourth-order valence-electron chi connectivity index (χ4n) is 3.11. The largest absolute Gasteiger partial charge is 0.380 e. The molecule has 1 N–H and O–H groups in total. The van der Waals surface area contributed by atoms with Crippen LogP contribution in [0.15, 0.2) is 72.3 Å². The van der Waals surface area contributed by atoms with Crippen LogP contribution in [0.1, 0.15) is 22.0 Å². The molecule has 1 aliphatic rings. The van der Waals surface area contributed by atoms with E-state index in [1.165, 1.54) is 36.2 Å². The smallest absolute Gasteiger partial charge is 0.256 e. The van der Waals surface area contributed by atoms with Gasteiger partial charge >= 0.3 is 0 Å². The second kappa shape index (κ2) is 9.13. The Bertz CT molecular complexity index is 1040. The monoisotopic (exact) mass is 483 g/mol. The van der Waals surface area contributed by atoms with Crippen LogP contribution in [0.3, 0.4) is 0 Å². The predicted octanol–water partition coefficient (Wildman–Crippen LogP) is 5.41. The first-order valence-corrected chi connectivity index (χ1v) is 10.5. The number of aliphatic hydroxyl groups excluding tert-OH is 1. The average molecular weight is 485 g/mol. The maximum atomic E-state index is 13.1. The molecule has 0 radical (unpaired) electrons. The Morgan fingerprint density at radius 2 is 1.77 bits per heavy atom. The Balaban J connectivity index is 1.89. The van der Waals surface area contributed by atoms with Crippen molar-refractivity contribution in [2.45, 2.75) is 16.5 Å². The summed E-state index contributed by atoms with van der Waals surface area (Å²) in [6.07, 6.45) is 3.11. The van der Waals surface area contributed by atoms with Crippen LogP contribution in [0.2, 0.25) is 10.0 Å². The molecule has 2 aromatic carbocycles. The van der Waals surface area contributed by atoms with E-state index >= 15 is 0 Å². The third-order valence-electron chi connectivity index (χ3n) is 4.88. The third kappa shape index (κ3) is 4.16. The lowest BCUT2D eigenvalue weighted by molar-refractivity contribution is -0.123. The molecule has 0 aromatic heterocycles. The number of hydrogen-bond donors (Lipinski definition) is 1. The summed E-state index contributed by atoms with van der Waals surface area (Å²) < 4.78 is 0. The molecule has 3 rings (SSSR count). The molecule has 8 heteroatoms. The number of Topliss-reactive ketones (excluding diaryl/α,β-unsaturated/α-hetero) is 1. The van der Waals surface area contributed by atoms with Crippen molar-refractivity contribution in [2.24, 2.45) is 0 Å². The number of ketones is 1. The Morgan fingerprint density at radius 1 is 1.10 bits per heavy atom. The molecule has 2 aromatic rings. The number of carbonyl (C=O) groups is 2. The van der Waals surface area contributed by atoms with E-state index in [0.29, 0.717) is 5.56 Å². The molecule has 0 spiro atoms. The van der Waals surface area contributed by atoms with Crippen molar-refractivity contribution in [2.75, 3.05) is 7.05 Å². The normalized spacial score (nSPS) is 21.7. The summed E-state index contributed by atoms with van der Waals surface area (Å²) in [5.41, 5.74) is 0.662. The number of allylic oxidation sites excluding steroid dienone is 2. The van der Waals surface area contributed by atoms with Crippen molar-refractivity contribution < 1.29 is 14.7 Å². The zero-order valence-electron chi connectivity index (χ0n) is 15.7. The van der Waals surface area contributed by atoms with Crippen LogP contribution >= 0.6 is 46.4 Å².